The Hall–Kier alpha value is -3.67. The quantitative estimate of drug-likeness (QED) is 0.581. The van der Waals surface area contributed by atoms with Gasteiger partial charge in [-0.15, -0.1) is 0 Å². The van der Waals surface area contributed by atoms with Gasteiger partial charge in [-0.2, -0.15) is 0 Å². The molecular weight excluding hydrogens is 326 g/mol. The van der Waals surface area contributed by atoms with Crippen LogP contribution in [-0.4, -0.2) is 20.4 Å². The summed E-state index contributed by atoms with van der Waals surface area (Å²) >= 11 is 0. The summed E-state index contributed by atoms with van der Waals surface area (Å²) in [7, 11) is 0. The van der Waals surface area contributed by atoms with Gasteiger partial charge >= 0.3 is 6.03 Å². The number of anilines is 2. The van der Waals surface area contributed by atoms with Crippen LogP contribution in [0.5, 0.6) is 0 Å². The summed E-state index contributed by atoms with van der Waals surface area (Å²) in [6.45, 7) is 1.95. The molecule has 2 aromatic carbocycles. The Morgan fingerprint density at radius 3 is 2.69 bits per heavy atom. The van der Waals surface area contributed by atoms with Gasteiger partial charge in [-0.1, -0.05) is 30.3 Å². The minimum Gasteiger partial charge on any atom is -0.308 e. The first-order valence-corrected chi connectivity index (χ1v) is 8.23. The molecule has 0 aliphatic carbocycles. The monoisotopic (exact) mass is 343 g/mol. The number of aryl methyl sites for hydroxylation is 1. The number of amides is 2. The SMILES string of the molecule is Cc1ccc(-c2cn3cccnc3n2)cc1NC(=O)Nc1ccccc1. The fourth-order valence-electron chi connectivity index (χ4n) is 2.69. The van der Waals surface area contributed by atoms with Crippen LogP contribution in [0.3, 0.4) is 0 Å². The first-order chi connectivity index (χ1) is 12.7. The van der Waals surface area contributed by atoms with E-state index in [1.54, 1.807) is 6.20 Å². The van der Waals surface area contributed by atoms with E-state index < -0.39 is 0 Å². The molecule has 0 atom stereocenters. The van der Waals surface area contributed by atoms with E-state index in [1.165, 1.54) is 0 Å². The minimum absolute atomic E-state index is 0.284. The maximum absolute atomic E-state index is 12.3. The number of rotatable bonds is 3. The van der Waals surface area contributed by atoms with Gasteiger partial charge in [0, 0.05) is 35.5 Å². The average molecular weight is 343 g/mol. The highest BCUT2D eigenvalue weighted by molar-refractivity contribution is 6.00. The second kappa shape index (κ2) is 6.68. The van der Waals surface area contributed by atoms with Crippen LogP contribution in [-0.2, 0) is 0 Å². The smallest absolute Gasteiger partial charge is 0.308 e. The van der Waals surface area contributed by atoms with E-state index in [2.05, 4.69) is 20.6 Å². The summed E-state index contributed by atoms with van der Waals surface area (Å²) in [6.07, 6.45) is 5.53. The minimum atomic E-state index is -0.284. The third-order valence-electron chi connectivity index (χ3n) is 4.05. The Morgan fingerprint density at radius 2 is 1.88 bits per heavy atom. The zero-order valence-electron chi connectivity index (χ0n) is 14.2. The Bertz CT molecular complexity index is 1040. The molecule has 4 aromatic rings. The lowest BCUT2D eigenvalue weighted by atomic mass is 10.1. The maximum atomic E-state index is 12.3. The Labute approximate surface area is 150 Å². The summed E-state index contributed by atoms with van der Waals surface area (Å²) in [6, 6.07) is 16.8. The molecule has 2 aromatic heterocycles. The van der Waals surface area contributed by atoms with Gasteiger partial charge in [0.2, 0.25) is 5.78 Å². The van der Waals surface area contributed by atoms with Crippen LogP contribution in [0.4, 0.5) is 16.2 Å². The molecule has 2 heterocycles. The average Bonchev–Trinajstić information content (AvgIpc) is 3.08. The number of para-hydroxylation sites is 1. The van der Waals surface area contributed by atoms with Crippen molar-refractivity contribution < 1.29 is 4.79 Å². The van der Waals surface area contributed by atoms with Crippen LogP contribution in [0.1, 0.15) is 5.56 Å². The molecule has 6 nitrogen and oxygen atoms in total. The van der Waals surface area contributed by atoms with Gasteiger partial charge in [-0.25, -0.2) is 14.8 Å². The third kappa shape index (κ3) is 3.25. The number of carbonyl (C=O) groups excluding carboxylic acids is 1. The normalized spacial score (nSPS) is 10.7. The van der Waals surface area contributed by atoms with Crippen LogP contribution in [0.15, 0.2) is 73.2 Å². The molecule has 0 fully saturated rings. The van der Waals surface area contributed by atoms with Crippen molar-refractivity contribution in [1.82, 2.24) is 14.4 Å². The third-order valence-corrected chi connectivity index (χ3v) is 4.05. The summed E-state index contributed by atoms with van der Waals surface area (Å²) < 4.78 is 1.87. The van der Waals surface area contributed by atoms with E-state index in [0.29, 0.717) is 5.78 Å². The lowest BCUT2D eigenvalue weighted by Gasteiger charge is -2.11. The maximum Gasteiger partial charge on any atom is 0.323 e. The zero-order valence-corrected chi connectivity index (χ0v) is 14.2. The van der Waals surface area contributed by atoms with Gasteiger partial charge < -0.3 is 10.6 Å². The molecule has 4 rings (SSSR count). The van der Waals surface area contributed by atoms with Crippen molar-refractivity contribution in [2.45, 2.75) is 6.92 Å². The highest BCUT2D eigenvalue weighted by Gasteiger charge is 2.09. The number of imidazole rings is 1. The van der Waals surface area contributed by atoms with Gasteiger partial charge in [0.15, 0.2) is 0 Å². The second-order valence-electron chi connectivity index (χ2n) is 5.93. The van der Waals surface area contributed by atoms with Gasteiger partial charge in [0.05, 0.1) is 5.69 Å². The summed E-state index contributed by atoms with van der Waals surface area (Å²) in [5.74, 6) is 0.638. The fourth-order valence-corrected chi connectivity index (χ4v) is 2.69. The first-order valence-electron chi connectivity index (χ1n) is 8.23. The van der Waals surface area contributed by atoms with E-state index in [9.17, 15) is 4.79 Å². The molecule has 0 spiro atoms. The largest absolute Gasteiger partial charge is 0.323 e. The fraction of sp³-hybridized carbons (Fsp3) is 0.0500. The lowest BCUT2D eigenvalue weighted by molar-refractivity contribution is 0.262. The number of benzene rings is 2. The van der Waals surface area contributed by atoms with E-state index in [1.807, 2.05) is 78.3 Å². The van der Waals surface area contributed by atoms with Crippen LogP contribution < -0.4 is 10.6 Å². The predicted molar refractivity (Wildman–Crippen MR) is 102 cm³/mol. The molecule has 0 saturated carbocycles. The number of hydrogen-bond donors (Lipinski definition) is 2. The van der Waals surface area contributed by atoms with Crippen LogP contribution in [0, 0.1) is 6.92 Å². The molecule has 0 unspecified atom stereocenters. The van der Waals surface area contributed by atoms with Gasteiger partial charge in [0.25, 0.3) is 0 Å². The highest BCUT2D eigenvalue weighted by Crippen LogP contribution is 2.25. The van der Waals surface area contributed by atoms with E-state index in [-0.39, 0.29) is 6.03 Å². The second-order valence-corrected chi connectivity index (χ2v) is 5.93. The topological polar surface area (TPSA) is 71.3 Å². The van der Waals surface area contributed by atoms with Crippen molar-refractivity contribution in [3.63, 3.8) is 0 Å². The standard InChI is InChI=1S/C20H17N5O/c1-14-8-9-15(18-13-25-11-5-10-21-19(25)23-18)12-17(14)24-20(26)22-16-6-3-2-4-7-16/h2-13H,1H3,(H2,22,24,26). The van der Waals surface area contributed by atoms with Crippen molar-refractivity contribution in [3.05, 3.63) is 78.8 Å². The van der Waals surface area contributed by atoms with Gasteiger partial charge in [-0.05, 0) is 36.8 Å². The van der Waals surface area contributed by atoms with Crippen LogP contribution in [0.2, 0.25) is 0 Å². The summed E-state index contributed by atoms with van der Waals surface area (Å²) in [5, 5.41) is 5.72. The molecular formula is C20H17N5O. The number of nitrogens with zero attached hydrogens (tertiary/aromatic N) is 3. The van der Waals surface area contributed by atoms with Crippen molar-refractivity contribution in [1.29, 1.82) is 0 Å². The predicted octanol–water partition coefficient (Wildman–Crippen LogP) is 4.35. The van der Waals surface area contributed by atoms with Crippen molar-refractivity contribution in [2.75, 3.05) is 10.6 Å². The van der Waals surface area contributed by atoms with E-state index >= 15 is 0 Å². The van der Waals surface area contributed by atoms with E-state index in [0.717, 1.165) is 28.2 Å². The molecule has 6 heteroatoms. The summed E-state index contributed by atoms with van der Waals surface area (Å²) in [5.41, 5.74) is 4.16. The Kier molecular flexibility index (Phi) is 4.07. The Morgan fingerprint density at radius 1 is 1.04 bits per heavy atom. The van der Waals surface area contributed by atoms with Crippen LogP contribution in [0.25, 0.3) is 17.0 Å². The molecule has 0 aliphatic rings. The van der Waals surface area contributed by atoms with Gasteiger partial charge in [-0.3, -0.25) is 4.40 Å². The van der Waals surface area contributed by atoms with Crippen LogP contribution >= 0.6 is 0 Å². The highest BCUT2D eigenvalue weighted by atomic mass is 16.2. The van der Waals surface area contributed by atoms with E-state index in [4.69, 9.17) is 0 Å². The number of urea groups is 1. The number of nitrogens with one attached hydrogen (secondary N) is 2. The Balaban J connectivity index is 1.59. The lowest BCUT2D eigenvalue weighted by Crippen LogP contribution is -2.19. The zero-order chi connectivity index (χ0) is 17.9. The van der Waals surface area contributed by atoms with Crippen molar-refractivity contribution in [2.24, 2.45) is 0 Å². The molecule has 0 bridgehead atoms. The molecule has 0 saturated heterocycles. The number of aromatic nitrogens is 3. The van der Waals surface area contributed by atoms with Gasteiger partial charge in [0.1, 0.15) is 0 Å². The molecule has 2 amide bonds. The molecule has 2 N–H and O–H groups in total. The molecule has 0 radical (unpaired) electrons. The molecule has 26 heavy (non-hydrogen) atoms. The number of carbonyl (C=O) groups is 1. The summed E-state index contributed by atoms with van der Waals surface area (Å²) in [4.78, 5) is 21.0. The first kappa shape index (κ1) is 15.8. The molecule has 0 aliphatic heterocycles. The van der Waals surface area contributed by atoms with Crippen molar-refractivity contribution >= 4 is 23.2 Å². The van der Waals surface area contributed by atoms with Crippen molar-refractivity contribution in [3.8, 4) is 11.3 Å². The number of fused-ring (bicyclic) bond motifs is 1. The number of hydrogen-bond acceptors (Lipinski definition) is 3. The molecule has 128 valence electrons.